The monoisotopic (exact) mass is 275 g/mol. The van der Waals surface area contributed by atoms with Crippen LogP contribution >= 0.6 is 0 Å². The summed E-state index contributed by atoms with van der Waals surface area (Å²) in [6.45, 7) is 0. The van der Waals surface area contributed by atoms with E-state index in [2.05, 4.69) is 10.4 Å². The lowest BCUT2D eigenvalue weighted by molar-refractivity contribution is 0.391. The maximum absolute atomic E-state index is 5.45. The Morgan fingerprint density at radius 1 is 1.25 bits per heavy atom. The Kier molecular flexibility index (Phi) is 4.63. The first kappa shape index (κ1) is 14.4. The summed E-state index contributed by atoms with van der Waals surface area (Å²) in [5, 5.41) is 7.74. The molecule has 0 aliphatic carbocycles. The third-order valence-electron chi connectivity index (χ3n) is 3.34. The van der Waals surface area contributed by atoms with Crippen LogP contribution in [0.25, 0.3) is 0 Å². The topological polar surface area (TPSA) is 48.3 Å². The second-order valence-electron chi connectivity index (χ2n) is 4.63. The van der Waals surface area contributed by atoms with E-state index in [4.69, 9.17) is 9.47 Å². The Bertz CT molecular complexity index is 566. The van der Waals surface area contributed by atoms with Crippen molar-refractivity contribution in [2.24, 2.45) is 7.05 Å². The summed E-state index contributed by atoms with van der Waals surface area (Å²) in [6, 6.07) is 7.97. The fourth-order valence-corrected chi connectivity index (χ4v) is 2.26. The van der Waals surface area contributed by atoms with Crippen molar-refractivity contribution < 1.29 is 9.47 Å². The number of nitrogens with zero attached hydrogens (tertiary/aromatic N) is 2. The molecule has 20 heavy (non-hydrogen) atoms. The number of hydrogen-bond donors (Lipinski definition) is 1. The van der Waals surface area contributed by atoms with E-state index in [1.54, 1.807) is 14.2 Å². The molecule has 108 valence electrons. The number of ether oxygens (including phenoxy) is 2. The van der Waals surface area contributed by atoms with Crippen LogP contribution in [-0.2, 0) is 13.5 Å². The van der Waals surface area contributed by atoms with Gasteiger partial charge in [-0.3, -0.25) is 4.68 Å². The third-order valence-corrected chi connectivity index (χ3v) is 3.34. The van der Waals surface area contributed by atoms with Gasteiger partial charge >= 0.3 is 0 Å². The maximum atomic E-state index is 5.45. The highest BCUT2D eigenvalue weighted by Crippen LogP contribution is 2.30. The molecule has 0 saturated carbocycles. The molecule has 1 aromatic heterocycles. The summed E-state index contributed by atoms with van der Waals surface area (Å²) in [7, 11) is 7.20. The van der Waals surface area contributed by atoms with Crippen LogP contribution in [0.15, 0.2) is 30.5 Å². The van der Waals surface area contributed by atoms with Gasteiger partial charge in [-0.25, -0.2) is 0 Å². The van der Waals surface area contributed by atoms with E-state index < -0.39 is 0 Å². The number of aryl methyl sites for hydroxylation is 1. The van der Waals surface area contributed by atoms with Gasteiger partial charge in [-0.1, -0.05) is 0 Å². The molecule has 1 heterocycles. The largest absolute Gasteiger partial charge is 0.497 e. The smallest absolute Gasteiger partial charge is 0.123 e. The number of likely N-dealkylation sites (N-methyl/N-ethyl adjacent to an activating group) is 1. The second-order valence-corrected chi connectivity index (χ2v) is 4.63. The highest BCUT2D eigenvalue weighted by atomic mass is 16.5. The summed E-state index contributed by atoms with van der Waals surface area (Å²) in [5.74, 6) is 1.67. The van der Waals surface area contributed by atoms with E-state index in [9.17, 15) is 0 Å². The van der Waals surface area contributed by atoms with Gasteiger partial charge in [-0.05, 0) is 31.3 Å². The van der Waals surface area contributed by atoms with Gasteiger partial charge in [0, 0.05) is 31.3 Å². The average molecular weight is 275 g/mol. The molecule has 1 atom stereocenters. The molecule has 2 aromatic rings. The summed E-state index contributed by atoms with van der Waals surface area (Å²) in [5.41, 5.74) is 2.11. The Morgan fingerprint density at radius 3 is 2.60 bits per heavy atom. The summed E-state index contributed by atoms with van der Waals surface area (Å²) in [4.78, 5) is 0. The molecule has 0 spiro atoms. The van der Waals surface area contributed by atoms with E-state index >= 15 is 0 Å². The van der Waals surface area contributed by atoms with Crippen molar-refractivity contribution in [3.05, 3.63) is 41.7 Å². The molecule has 0 amide bonds. The second kappa shape index (κ2) is 6.43. The predicted octanol–water partition coefficient (Wildman–Crippen LogP) is 1.94. The molecule has 1 aromatic carbocycles. The molecule has 0 bridgehead atoms. The normalized spacial score (nSPS) is 12.2. The fourth-order valence-electron chi connectivity index (χ4n) is 2.26. The van der Waals surface area contributed by atoms with Gasteiger partial charge in [0.2, 0.25) is 0 Å². The number of nitrogens with one attached hydrogen (secondary N) is 1. The first-order valence-corrected chi connectivity index (χ1v) is 6.55. The summed E-state index contributed by atoms with van der Waals surface area (Å²) < 4.78 is 12.6. The SMILES string of the molecule is CNC(Cc1ccn(C)n1)c1cc(OC)ccc1OC. The van der Waals surface area contributed by atoms with Crippen LogP contribution in [0.4, 0.5) is 0 Å². The molecular formula is C15H21N3O2. The summed E-state index contributed by atoms with van der Waals surface area (Å²) >= 11 is 0. The minimum atomic E-state index is 0.120. The van der Waals surface area contributed by atoms with Crippen molar-refractivity contribution in [3.63, 3.8) is 0 Å². The van der Waals surface area contributed by atoms with Gasteiger partial charge in [0.25, 0.3) is 0 Å². The lowest BCUT2D eigenvalue weighted by Gasteiger charge is -2.19. The number of aromatic nitrogens is 2. The van der Waals surface area contributed by atoms with Crippen LogP contribution in [0.5, 0.6) is 11.5 Å². The first-order valence-electron chi connectivity index (χ1n) is 6.55. The molecule has 0 fully saturated rings. The molecule has 0 saturated heterocycles. The predicted molar refractivity (Wildman–Crippen MR) is 78.3 cm³/mol. The number of benzene rings is 1. The van der Waals surface area contributed by atoms with Crippen LogP contribution in [0.3, 0.4) is 0 Å². The van der Waals surface area contributed by atoms with Crippen molar-refractivity contribution in [1.82, 2.24) is 15.1 Å². The molecule has 1 unspecified atom stereocenters. The quantitative estimate of drug-likeness (QED) is 0.875. The lowest BCUT2D eigenvalue weighted by Crippen LogP contribution is -2.20. The zero-order chi connectivity index (χ0) is 14.5. The molecular weight excluding hydrogens is 254 g/mol. The standard InChI is InChI=1S/C15H21N3O2/c1-16-14(9-11-7-8-18(2)17-11)13-10-12(19-3)5-6-15(13)20-4/h5-8,10,14,16H,9H2,1-4H3. The van der Waals surface area contributed by atoms with Crippen LogP contribution in [0.1, 0.15) is 17.3 Å². The van der Waals surface area contributed by atoms with Gasteiger partial charge in [-0.2, -0.15) is 5.10 Å². The van der Waals surface area contributed by atoms with E-state index in [-0.39, 0.29) is 6.04 Å². The van der Waals surface area contributed by atoms with Crippen molar-refractivity contribution >= 4 is 0 Å². The van der Waals surface area contributed by atoms with E-state index in [0.717, 1.165) is 29.2 Å². The van der Waals surface area contributed by atoms with E-state index in [1.165, 1.54) is 0 Å². The van der Waals surface area contributed by atoms with Gasteiger partial charge in [-0.15, -0.1) is 0 Å². The van der Waals surface area contributed by atoms with Crippen molar-refractivity contribution in [3.8, 4) is 11.5 Å². The van der Waals surface area contributed by atoms with Crippen molar-refractivity contribution in [1.29, 1.82) is 0 Å². The van der Waals surface area contributed by atoms with Crippen molar-refractivity contribution in [2.45, 2.75) is 12.5 Å². The van der Waals surface area contributed by atoms with E-state index in [0.29, 0.717) is 0 Å². The maximum Gasteiger partial charge on any atom is 0.123 e. The van der Waals surface area contributed by atoms with Crippen LogP contribution < -0.4 is 14.8 Å². The molecule has 0 aliphatic rings. The van der Waals surface area contributed by atoms with Crippen molar-refractivity contribution in [2.75, 3.05) is 21.3 Å². The Morgan fingerprint density at radius 2 is 2.05 bits per heavy atom. The third kappa shape index (κ3) is 3.11. The van der Waals surface area contributed by atoms with Crippen LogP contribution in [0, 0.1) is 0 Å². The highest BCUT2D eigenvalue weighted by molar-refractivity contribution is 5.42. The van der Waals surface area contributed by atoms with Crippen LogP contribution in [0.2, 0.25) is 0 Å². The molecule has 5 nitrogen and oxygen atoms in total. The zero-order valence-electron chi connectivity index (χ0n) is 12.4. The zero-order valence-corrected chi connectivity index (χ0v) is 12.4. The number of hydrogen-bond acceptors (Lipinski definition) is 4. The first-order chi connectivity index (χ1) is 9.67. The minimum absolute atomic E-state index is 0.120. The lowest BCUT2D eigenvalue weighted by atomic mass is 10.0. The molecule has 0 radical (unpaired) electrons. The Balaban J connectivity index is 2.30. The van der Waals surface area contributed by atoms with E-state index in [1.807, 2.05) is 49.2 Å². The number of rotatable bonds is 6. The Hall–Kier alpha value is -2.01. The average Bonchev–Trinajstić information content (AvgIpc) is 2.89. The van der Waals surface area contributed by atoms with Gasteiger partial charge < -0.3 is 14.8 Å². The highest BCUT2D eigenvalue weighted by Gasteiger charge is 2.17. The number of methoxy groups -OCH3 is 2. The summed E-state index contributed by atoms with van der Waals surface area (Å²) in [6.07, 6.45) is 2.74. The minimum Gasteiger partial charge on any atom is -0.497 e. The van der Waals surface area contributed by atoms with Gasteiger partial charge in [0.05, 0.1) is 19.9 Å². The van der Waals surface area contributed by atoms with Gasteiger partial charge in [0.1, 0.15) is 11.5 Å². The molecule has 0 aliphatic heterocycles. The van der Waals surface area contributed by atoms with Gasteiger partial charge in [0.15, 0.2) is 0 Å². The molecule has 2 rings (SSSR count). The molecule has 1 N–H and O–H groups in total. The van der Waals surface area contributed by atoms with Crippen LogP contribution in [-0.4, -0.2) is 31.0 Å². The Labute approximate surface area is 119 Å². The fraction of sp³-hybridized carbons (Fsp3) is 0.400. The molecule has 5 heteroatoms.